The zero-order valence-corrected chi connectivity index (χ0v) is 10.8. The molecule has 2 saturated heterocycles. The minimum atomic E-state index is 0.130. The van der Waals surface area contributed by atoms with E-state index in [9.17, 15) is 4.79 Å². The summed E-state index contributed by atoms with van der Waals surface area (Å²) >= 11 is 0. The predicted molar refractivity (Wildman–Crippen MR) is 72.9 cm³/mol. The lowest BCUT2D eigenvalue weighted by Crippen LogP contribution is -2.47. The van der Waals surface area contributed by atoms with Crippen LogP contribution < -0.4 is 10.6 Å². The Hall–Kier alpha value is -1.35. The molecule has 1 aromatic carbocycles. The molecule has 96 valence electrons. The number of fused-ring (bicyclic) bond motifs is 2. The van der Waals surface area contributed by atoms with Crippen molar-refractivity contribution in [1.82, 2.24) is 0 Å². The lowest BCUT2D eigenvalue weighted by Gasteiger charge is -2.39. The molecule has 2 atom stereocenters. The van der Waals surface area contributed by atoms with Crippen molar-refractivity contribution in [2.45, 2.75) is 50.7 Å². The number of nitrogens with zero attached hydrogens (tertiary/aromatic N) is 1. The third kappa shape index (κ3) is 1.93. The highest BCUT2D eigenvalue weighted by Crippen LogP contribution is 2.38. The fourth-order valence-corrected chi connectivity index (χ4v) is 3.51. The lowest BCUT2D eigenvalue weighted by atomic mass is 9.97. The Morgan fingerprint density at radius 3 is 2.22 bits per heavy atom. The maximum atomic E-state index is 11.3. The Balaban J connectivity index is 1.85. The number of rotatable bonds is 2. The van der Waals surface area contributed by atoms with Crippen LogP contribution in [0.5, 0.6) is 0 Å². The van der Waals surface area contributed by atoms with Gasteiger partial charge < -0.3 is 10.6 Å². The first-order valence-electron chi connectivity index (χ1n) is 6.80. The monoisotopic (exact) mass is 244 g/mol. The predicted octanol–water partition coefficient (Wildman–Crippen LogP) is 2.35. The van der Waals surface area contributed by atoms with Crippen molar-refractivity contribution in [3.8, 4) is 0 Å². The van der Waals surface area contributed by atoms with Crippen LogP contribution in [0.3, 0.4) is 0 Å². The Morgan fingerprint density at radius 1 is 1.17 bits per heavy atom. The highest BCUT2D eigenvalue weighted by molar-refractivity contribution is 5.94. The third-order valence-corrected chi connectivity index (χ3v) is 4.34. The van der Waals surface area contributed by atoms with Gasteiger partial charge in [0.25, 0.3) is 0 Å². The van der Waals surface area contributed by atoms with Gasteiger partial charge in [-0.05, 0) is 56.9 Å². The zero-order valence-electron chi connectivity index (χ0n) is 10.8. The van der Waals surface area contributed by atoms with E-state index in [1.807, 2.05) is 12.1 Å². The van der Waals surface area contributed by atoms with E-state index in [0.717, 1.165) is 18.4 Å². The normalized spacial score (nSPS) is 30.6. The first kappa shape index (κ1) is 11.7. The molecule has 1 aromatic rings. The highest BCUT2D eigenvalue weighted by atomic mass is 16.1. The van der Waals surface area contributed by atoms with E-state index in [1.165, 1.54) is 18.5 Å². The van der Waals surface area contributed by atoms with Gasteiger partial charge in [-0.1, -0.05) is 0 Å². The van der Waals surface area contributed by atoms with Crippen LogP contribution in [0, 0.1) is 0 Å². The van der Waals surface area contributed by atoms with Crippen molar-refractivity contribution in [3.05, 3.63) is 29.8 Å². The van der Waals surface area contributed by atoms with Crippen LogP contribution in [-0.4, -0.2) is 23.9 Å². The van der Waals surface area contributed by atoms with Crippen LogP contribution in [0.4, 0.5) is 5.69 Å². The van der Waals surface area contributed by atoms with Gasteiger partial charge in [0.1, 0.15) is 0 Å². The zero-order chi connectivity index (χ0) is 12.7. The lowest BCUT2D eigenvalue weighted by molar-refractivity contribution is 0.101. The minimum Gasteiger partial charge on any atom is -0.365 e. The molecule has 0 amide bonds. The maximum absolute atomic E-state index is 11.3. The molecule has 2 aliphatic rings. The summed E-state index contributed by atoms with van der Waals surface area (Å²) in [6, 6.07) is 9.61. The average molecular weight is 244 g/mol. The van der Waals surface area contributed by atoms with Crippen LogP contribution in [0.15, 0.2) is 24.3 Å². The van der Waals surface area contributed by atoms with Crippen LogP contribution in [0.2, 0.25) is 0 Å². The van der Waals surface area contributed by atoms with E-state index in [2.05, 4.69) is 17.0 Å². The van der Waals surface area contributed by atoms with Crippen molar-refractivity contribution in [1.29, 1.82) is 0 Å². The van der Waals surface area contributed by atoms with Gasteiger partial charge in [-0.25, -0.2) is 0 Å². The number of hydrogen-bond donors (Lipinski definition) is 1. The summed E-state index contributed by atoms with van der Waals surface area (Å²) in [5.74, 6) is 0.130. The second-order valence-electron chi connectivity index (χ2n) is 5.63. The van der Waals surface area contributed by atoms with E-state index >= 15 is 0 Å². The topological polar surface area (TPSA) is 46.3 Å². The first-order chi connectivity index (χ1) is 8.65. The number of carbonyl (C=O) groups is 1. The molecule has 2 aliphatic heterocycles. The summed E-state index contributed by atoms with van der Waals surface area (Å²) in [5, 5.41) is 0. The molecule has 18 heavy (non-hydrogen) atoms. The van der Waals surface area contributed by atoms with E-state index in [-0.39, 0.29) is 5.78 Å². The first-order valence-corrected chi connectivity index (χ1v) is 6.80. The van der Waals surface area contributed by atoms with E-state index in [1.54, 1.807) is 6.92 Å². The van der Waals surface area contributed by atoms with Gasteiger partial charge in [0.15, 0.2) is 5.78 Å². The largest absolute Gasteiger partial charge is 0.365 e. The van der Waals surface area contributed by atoms with Gasteiger partial charge in [-0.3, -0.25) is 4.79 Å². The van der Waals surface area contributed by atoms with Gasteiger partial charge in [-0.15, -0.1) is 0 Å². The quantitative estimate of drug-likeness (QED) is 0.812. The van der Waals surface area contributed by atoms with E-state index in [0.29, 0.717) is 18.1 Å². The number of carbonyl (C=O) groups excluding carboxylic acids is 1. The summed E-state index contributed by atoms with van der Waals surface area (Å²) < 4.78 is 0. The van der Waals surface area contributed by atoms with Crippen LogP contribution >= 0.6 is 0 Å². The van der Waals surface area contributed by atoms with Crippen molar-refractivity contribution < 1.29 is 4.79 Å². The van der Waals surface area contributed by atoms with Crippen LogP contribution in [0.1, 0.15) is 43.0 Å². The van der Waals surface area contributed by atoms with Gasteiger partial charge in [-0.2, -0.15) is 0 Å². The molecule has 2 unspecified atom stereocenters. The maximum Gasteiger partial charge on any atom is 0.159 e. The van der Waals surface area contributed by atoms with Gasteiger partial charge >= 0.3 is 0 Å². The Labute approximate surface area is 108 Å². The standard InChI is InChI=1S/C15H20N2O/c1-10(18)11-2-4-13(5-3-11)17-14-6-7-15(17)9-12(16)8-14/h2-5,12,14-15H,6-9,16H2,1H3. The van der Waals surface area contributed by atoms with Gasteiger partial charge in [0, 0.05) is 29.4 Å². The molecule has 3 rings (SSSR count). The smallest absolute Gasteiger partial charge is 0.159 e. The second-order valence-corrected chi connectivity index (χ2v) is 5.63. The Bertz CT molecular complexity index is 440. The van der Waals surface area contributed by atoms with Crippen LogP contribution in [-0.2, 0) is 0 Å². The fraction of sp³-hybridized carbons (Fsp3) is 0.533. The molecule has 0 aromatic heterocycles. The fourth-order valence-electron chi connectivity index (χ4n) is 3.51. The molecule has 0 saturated carbocycles. The molecule has 2 fully saturated rings. The van der Waals surface area contributed by atoms with Crippen molar-refractivity contribution in [3.63, 3.8) is 0 Å². The van der Waals surface area contributed by atoms with E-state index < -0.39 is 0 Å². The molecule has 2 N–H and O–H groups in total. The number of hydrogen-bond acceptors (Lipinski definition) is 3. The van der Waals surface area contributed by atoms with Crippen molar-refractivity contribution >= 4 is 11.5 Å². The molecular weight excluding hydrogens is 224 g/mol. The molecule has 3 nitrogen and oxygen atoms in total. The third-order valence-electron chi connectivity index (χ3n) is 4.34. The summed E-state index contributed by atoms with van der Waals surface area (Å²) in [6.45, 7) is 1.61. The summed E-state index contributed by atoms with van der Waals surface area (Å²) in [7, 11) is 0. The van der Waals surface area contributed by atoms with Gasteiger partial charge in [0.2, 0.25) is 0 Å². The molecule has 3 heteroatoms. The highest BCUT2D eigenvalue weighted by Gasteiger charge is 2.39. The Morgan fingerprint density at radius 2 is 1.72 bits per heavy atom. The van der Waals surface area contributed by atoms with Crippen LogP contribution in [0.25, 0.3) is 0 Å². The Kier molecular flexibility index (Phi) is 2.86. The van der Waals surface area contributed by atoms with Crippen molar-refractivity contribution in [2.75, 3.05) is 4.90 Å². The molecule has 2 bridgehead atoms. The van der Waals surface area contributed by atoms with Crippen molar-refractivity contribution in [2.24, 2.45) is 5.73 Å². The average Bonchev–Trinajstić information content (AvgIpc) is 2.62. The number of benzene rings is 1. The summed E-state index contributed by atoms with van der Waals surface area (Å²) in [6.07, 6.45) is 4.72. The number of ketones is 1. The number of nitrogens with two attached hydrogens (primary N) is 1. The number of anilines is 1. The molecular formula is C15H20N2O. The number of Topliss-reactive ketones (excluding diaryl/α,β-unsaturated/α-hetero) is 1. The molecule has 2 heterocycles. The molecule has 0 spiro atoms. The number of piperidine rings is 1. The van der Waals surface area contributed by atoms with Gasteiger partial charge in [0.05, 0.1) is 0 Å². The summed E-state index contributed by atoms with van der Waals surface area (Å²) in [5.41, 5.74) is 8.13. The molecule has 0 radical (unpaired) electrons. The second kappa shape index (κ2) is 4.39. The summed E-state index contributed by atoms with van der Waals surface area (Å²) in [4.78, 5) is 13.8. The SMILES string of the molecule is CC(=O)c1ccc(N2C3CCC2CC(N)C3)cc1. The minimum absolute atomic E-state index is 0.130. The molecule has 0 aliphatic carbocycles. The van der Waals surface area contributed by atoms with E-state index in [4.69, 9.17) is 5.73 Å².